The summed E-state index contributed by atoms with van der Waals surface area (Å²) in [6, 6.07) is 11.7. The highest BCUT2D eigenvalue weighted by Crippen LogP contribution is 1.96. The Balaban J connectivity index is 2.17. The van der Waals surface area contributed by atoms with Gasteiger partial charge in [-0.05, 0) is 5.56 Å². The summed E-state index contributed by atoms with van der Waals surface area (Å²) in [5, 5.41) is 13.7. The van der Waals surface area contributed by atoms with E-state index in [1.165, 1.54) is 0 Å². The quantitative estimate of drug-likeness (QED) is 0.681. The molecule has 2 N–H and O–H groups in total. The monoisotopic (exact) mass is 203 g/mol. The Morgan fingerprint density at radius 1 is 1.33 bits per heavy atom. The Morgan fingerprint density at radius 2 is 2.07 bits per heavy atom. The summed E-state index contributed by atoms with van der Waals surface area (Å²) in [6.07, 6.45) is 0. The fourth-order valence-electron chi connectivity index (χ4n) is 1.12. The Bertz CT molecular complexity index is 343. The number of carbonyl (C=O) groups excluding carboxylic acids is 1. The van der Waals surface area contributed by atoms with E-state index in [1.807, 2.05) is 36.4 Å². The van der Waals surface area contributed by atoms with Crippen LogP contribution in [0.15, 0.2) is 30.3 Å². The molecule has 0 heterocycles. The Hall–Kier alpha value is -1.86. The van der Waals surface area contributed by atoms with Crippen LogP contribution in [0.4, 0.5) is 0 Å². The van der Waals surface area contributed by atoms with Gasteiger partial charge < -0.3 is 10.6 Å². The van der Waals surface area contributed by atoms with Crippen LogP contribution >= 0.6 is 0 Å². The van der Waals surface area contributed by atoms with Gasteiger partial charge in [-0.1, -0.05) is 30.3 Å². The minimum atomic E-state index is -0.160. The SMILES string of the molecule is N#CCNC(=O)CNCc1ccccc1. The molecule has 0 radical (unpaired) electrons. The molecule has 1 aromatic carbocycles. The summed E-state index contributed by atoms with van der Waals surface area (Å²) in [4.78, 5) is 11.1. The van der Waals surface area contributed by atoms with Crippen LogP contribution in [0.2, 0.25) is 0 Å². The molecular formula is C11H13N3O. The second kappa shape index (κ2) is 6.57. The number of hydrogen-bond acceptors (Lipinski definition) is 3. The van der Waals surface area contributed by atoms with Crippen LogP contribution in [-0.2, 0) is 11.3 Å². The first-order chi connectivity index (χ1) is 7.33. The summed E-state index contributed by atoms with van der Waals surface area (Å²) in [5.74, 6) is -0.160. The fourth-order valence-corrected chi connectivity index (χ4v) is 1.12. The number of nitrogens with zero attached hydrogens (tertiary/aromatic N) is 1. The van der Waals surface area contributed by atoms with E-state index < -0.39 is 0 Å². The van der Waals surface area contributed by atoms with Gasteiger partial charge in [-0.2, -0.15) is 5.26 Å². The van der Waals surface area contributed by atoms with Crippen LogP contribution in [0, 0.1) is 11.3 Å². The number of hydrogen-bond donors (Lipinski definition) is 2. The van der Waals surface area contributed by atoms with Crippen molar-refractivity contribution in [2.75, 3.05) is 13.1 Å². The van der Waals surface area contributed by atoms with E-state index in [4.69, 9.17) is 5.26 Å². The maximum atomic E-state index is 11.1. The number of nitrogens with one attached hydrogen (secondary N) is 2. The summed E-state index contributed by atoms with van der Waals surface area (Å²) in [5.41, 5.74) is 1.13. The molecule has 1 amide bonds. The normalized spacial score (nSPS) is 9.27. The van der Waals surface area contributed by atoms with Crippen molar-refractivity contribution in [3.05, 3.63) is 35.9 Å². The second-order valence-corrected chi connectivity index (χ2v) is 3.02. The maximum absolute atomic E-state index is 11.1. The molecule has 0 aliphatic carbocycles. The van der Waals surface area contributed by atoms with Crippen molar-refractivity contribution in [3.63, 3.8) is 0 Å². The van der Waals surface area contributed by atoms with Gasteiger partial charge in [0.15, 0.2) is 0 Å². The van der Waals surface area contributed by atoms with Gasteiger partial charge >= 0.3 is 0 Å². The largest absolute Gasteiger partial charge is 0.342 e. The third kappa shape index (κ3) is 4.79. The molecule has 0 bridgehead atoms. The third-order valence-corrected chi connectivity index (χ3v) is 1.82. The average Bonchev–Trinajstić information content (AvgIpc) is 2.28. The Kier molecular flexibility index (Phi) is 4.91. The van der Waals surface area contributed by atoms with Crippen LogP contribution in [0.5, 0.6) is 0 Å². The molecule has 15 heavy (non-hydrogen) atoms. The predicted octanol–water partition coefficient (Wildman–Crippen LogP) is 0.416. The molecule has 0 unspecified atom stereocenters. The molecule has 4 nitrogen and oxygen atoms in total. The molecule has 1 aromatic rings. The van der Waals surface area contributed by atoms with Gasteiger partial charge in [0.05, 0.1) is 12.6 Å². The van der Waals surface area contributed by atoms with Crippen molar-refractivity contribution < 1.29 is 4.79 Å². The molecular weight excluding hydrogens is 190 g/mol. The van der Waals surface area contributed by atoms with E-state index in [-0.39, 0.29) is 19.0 Å². The summed E-state index contributed by atoms with van der Waals surface area (Å²) >= 11 is 0. The number of amides is 1. The Labute approximate surface area is 88.9 Å². The molecule has 0 spiro atoms. The van der Waals surface area contributed by atoms with Gasteiger partial charge in [-0.15, -0.1) is 0 Å². The number of rotatable bonds is 5. The van der Waals surface area contributed by atoms with Gasteiger partial charge in [-0.3, -0.25) is 4.79 Å². The highest BCUT2D eigenvalue weighted by molar-refractivity contribution is 5.78. The molecule has 4 heteroatoms. The zero-order valence-electron chi connectivity index (χ0n) is 8.36. The van der Waals surface area contributed by atoms with Crippen LogP contribution < -0.4 is 10.6 Å². The Morgan fingerprint density at radius 3 is 2.73 bits per heavy atom. The van der Waals surface area contributed by atoms with Gasteiger partial charge in [0.25, 0.3) is 0 Å². The lowest BCUT2D eigenvalue weighted by atomic mass is 10.2. The highest BCUT2D eigenvalue weighted by Gasteiger charge is 1.98. The van der Waals surface area contributed by atoms with E-state index in [0.717, 1.165) is 5.56 Å². The lowest BCUT2D eigenvalue weighted by Crippen LogP contribution is -2.33. The first-order valence-electron chi connectivity index (χ1n) is 4.71. The van der Waals surface area contributed by atoms with E-state index in [0.29, 0.717) is 6.54 Å². The minimum Gasteiger partial charge on any atom is -0.342 e. The van der Waals surface area contributed by atoms with Crippen molar-refractivity contribution in [2.24, 2.45) is 0 Å². The van der Waals surface area contributed by atoms with Crippen molar-refractivity contribution in [3.8, 4) is 6.07 Å². The molecule has 1 rings (SSSR count). The molecule has 0 fully saturated rings. The molecule has 0 aliphatic rings. The smallest absolute Gasteiger partial charge is 0.234 e. The molecule has 0 aromatic heterocycles. The summed E-state index contributed by atoms with van der Waals surface area (Å²) in [6.45, 7) is 0.948. The van der Waals surface area contributed by atoms with Gasteiger partial charge in [0, 0.05) is 6.54 Å². The zero-order chi connectivity index (χ0) is 10.9. The van der Waals surface area contributed by atoms with Crippen LogP contribution in [0.1, 0.15) is 5.56 Å². The fraction of sp³-hybridized carbons (Fsp3) is 0.273. The van der Waals surface area contributed by atoms with Crippen LogP contribution in [0.3, 0.4) is 0 Å². The van der Waals surface area contributed by atoms with Crippen molar-refractivity contribution >= 4 is 5.91 Å². The molecule has 0 saturated carbocycles. The van der Waals surface area contributed by atoms with Gasteiger partial charge in [-0.25, -0.2) is 0 Å². The highest BCUT2D eigenvalue weighted by atomic mass is 16.1. The van der Waals surface area contributed by atoms with E-state index in [1.54, 1.807) is 0 Å². The van der Waals surface area contributed by atoms with Crippen molar-refractivity contribution in [1.29, 1.82) is 5.26 Å². The summed E-state index contributed by atoms with van der Waals surface area (Å²) < 4.78 is 0. The van der Waals surface area contributed by atoms with Gasteiger partial charge in [0.2, 0.25) is 5.91 Å². The zero-order valence-corrected chi connectivity index (χ0v) is 8.36. The van der Waals surface area contributed by atoms with E-state index >= 15 is 0 Å². The third-order valence-electron chi connectivity index (χ3n) is 1.82. The number of carbonyl (C=O) groups is 1. The van der Waals surface area contributed by atoms with Crippen LogP contribution in [-0.4, -0.2) is 19.0 Å². The van der Waals surface area contributed by atoms with Crippen molar-refractivity contribution in [2.45, 2.75) is 6.54 Å². The average molecular weight is 203 g/mol. The molecule has 0 saturated heterocycles. The first-order valence-corrected chi connectivity index (χ1v) is 4.71. The first kappa shape index (κ1) is 11.2. The number of nitriles is 1. The predicted molar refractivity (Wildman–Crippen MR) is 56.8 cm³/mol. The second-order valence-electron chi connectivity index (χ2n) is 3.02. The van der Waals surface area contributed by atoms with E-state index in [2.05, 4.69) is 10.6 Å². The topological polar surface area (TPSA) is 64.9 Å². The summed E-state index contributed by atoms with van der Waals surface area (Å²) in [7, 11) is 0. The molecule has 0 atom stereocenters. The minimum absolute atomic E-state index is 0.0614. The van der Waals surface area contributed by atoms with Crippen molar-refractivity contribution in [1.82, 2.24) is 10.6 Å². The maximum Gasteiger partial charge on any atom is 0.234 e. The lowest BCUT2D eigenvalue weighted by Gasteiger charge is -2.04. The van der Waals surface area contributed by atoms with Gasteiger partial charge in [0.1, 0.15) is 6.54 Å². The number of benzene rings is 1. The molecule has 78 valence electrons. The van der Waals surface area contributed by atoms with Crippen LogP contribution in [0.25, 0.3) is 0 Å². The van der Waals surface area contributed by atoms with E-state index in [9.17, 15) is 4.79 Å². The molecule has 0 aliphatic heterocycles. The standard InChI is InChI=1S/C11H13N3O/c12-6-7-14-11(15)9-13-8-10-4-2-1-3-5-10/h1-5,13H,7-9H2,(H,14,15). The lowest BCUT2D eigenvalue weighted by molar-refractivity contribution is -0.120.